The number of hydrogen-bond acceptors (Lipinski definition) is 3. The molecule has 0 aromatic heterocycles. The normalized spacial score (nSPS) is 13.2. The zero-order chi connectivity index (χ0) is 15.7. The van der Waals surface area contributed by atoms with Crippen LogP contribution in [0.2, 0.25) is 0 Å². The number of nitrogen functional groups attached to an aromatic ring is 1. The van der Waals surface area contributed by atoms with Crippen molar-refractivity contribution in [3.8, 4) is 0 Å². The smallest absolute Gasteiger partial charge is 0.398 e. The van der Waals surface area contributed by atoms with Crippen molar-refractivity contribution >= 4 is 15.7 Å². The van der Waals surface area contributed by atoms with Gasteiger partial charge in [0.15, 0.2) is 0 Å². The number of nitrogens with two attached hydrogens (primary N) is 1. The fourth-order valence-electron chi connectivity index (χ4n) is 1.64. The molecule has 0 radical (unpaired) electrons. The molecule has 0 saturated carbocycles. The number of hydrogen-bond donors (Lipinski definition) is 1. The topological polar surface area (TPSA) is 63.4 Å². The fourth-order valence-corrected chi connectivity index (χ4v) is 3.42. The molecule has 1 aromatic carbocycles. The fraction of sp³-hybridized carbons (Fsp3) is 0.455. The van der Waals surface area contributed by atoms with Gasteiger partial charge < -0.3 is 5.73 Å². The van der Waals surface area contributed by atoms with Crippen LogP contribution < -0.4 is 5.73 Å². The van der Waals surface area contributed by atoms with E-state index in [2.05, 4.69) is 0 Å². The zero-order valence-corrected chi connectivity index (χ0v) is 11.6. The van der Waals surface area contributed by atoms with Crippen LogP contribution >= 0.6 is 0 Å². The molecule has 0 unspecified atom stereocenters. The van der Waals surface area contributed by atoms with Gasteiger partial charge >= 0.3 is 6.18 Å². The third-order valence-corrected chi connectivity index (χ3v) is 4.59. The SMILES string of the molecule is CC(C)N(CC(F)(F)F)S(=O)(=O)c1c(N)cccc1F. The molecular formula is C11H14F4N2O2S. The van der Waals surface area contributed by atoms with E-state index in [1.807, 2.05) is 0 Å². The van der Waals surface area contributed by atoms with Crippen molar-refractivity contribution in [2.24, 2.45) is 0 Å². The maximum absolute atomic E-state index is 13.6. The maximum atomic E-state index is 13.6. The summed E-state index contributed by atoms with van der Waals surface area (Å²) in [6.45, 7) is 0.821. The maximum Gasteiger partial charge on any atom is 0.402 e. The molecule has 1 rings (SSSR count). The molecule has 0 amide bonds. The molecule has 0 heterocycles. The van der Waals surface area contributed by atoms with Gasteiger partial charge in [0.25, 0.3) is 0 Å². The van der Waals surface area contributed by atoms with Gasteiger partial charge in [0.2, 0.25) is 10.0 Å². The Kier molecular flexibility index (Phi) is 4.65. The summed E-state index contributed by atoms with van der Waals surface area (Å²) in [5.41, 5.74) is 4.95. The van der Waals surface area contributed by atoms with Crippen LogP contribution in [0, 0.1) is 5.82 Å². The highest BCUT2D eigenvalue weighted by atomic mass is 32.2. The Morgan fingerprint density at radius 3 is 2.25 bits per heavy atom. The van der Waals surface area contributed by atoms with Crippen LogP contribution in [0.1, 0.15) is 13.8 Å². The Hall–Kier alpha value is -1.35. The van der Waals surface area contributed by atoms with Crippen molar-refractivity contribution in [1.29, 1.82) is 0 Å². The number of halogens is 4. The highest BCUT2D eigenvalue weighted by Crippen LogP contribution is 2.29. The second kappa shape index (κ2) is 5.57. The molecule has 9 heteroatoms. The van der Waals surface area contributed by atoms with Crippen LogP contribution in [0.4, 0.5) is 23.2 Å². The van der Waals surface area contributed by atoms with Crippen LogP contribution in [-0.4, -0.2) is 31.5 Å². The van der Waals surface area contributed by atoms with Gasteiger partial charge in [0.05, 0.1) is 5.69 Å². The summed E-state index contributed by atoms with van der Waals surface area (Å²) < 4.78 is 75.6. The van der Waals surface area contributed by atoms with E-state index in [0.717, 1.165) is 12.1 Å². The number of benzene rings is 1. The summed E-state index contributed by atoms with van der Waals surface area (Å²) >= 11 is 0. The first-order chi connectivity index (χ1) is 8.97. The van der Waals surface area contributed by atoms with E-state index in [1.54, 1.807) is 0 Å². The van der Waals surface area contributed by atoms with Gasteiger partial charge in [0, 0.05) is 6.04 Å². The molecule has 1 aromatic rings. The van der Waals surface area contributed by atoms with Crippen LogP contribution in [0.5, 0.6) is 0 Å². The van der Waals surface area contributed by atoms with Crippen LogP contribution in [0.3, 0.4) is 0 Å². The molecule has 0 atom stereocenters. The minimum Gasteiger partial charge on any atom is -0.398 e. The van der Waals surface area contributed by atoms with Crippen molar-refractivity contribution in [1.82, 2.24) is 4.31 Å². The molecule has 0 fully saturated rings. The Bertz CT molecular complexity index is 564. The van der Waals surface area contributed by atoms with Crippen molar-refractivity contribution in [3.63, 3.8) is 0 Å². The van der Waals surface area contributed by atoms with E-state index in [-0.39, 0.29) is 4.31 Å². The van der Waals surface area contributed by atoms with Gasteiger partial charge in [-0.25, -0.2) is 12.8 Å². The molecule has 0 aliphatic carbocycles. The minimum atomic E-state index is -4.74. The average Bonchev–Trinajstić information content (AvgIpc) is 2.23. The molecule has 114 valence electrons. The molecule has 0 aliphatic rings. The summed E-state index contributed by atoms with van der Waals surface area (Å²) in [6.07, 6.45) is -4.74. The molecule has 0 bridgehead atoms. The third kappa shape index (κ3) is 3.60. The van der Waals surface area contributed by atoms with E-state index in [1.165, 1.54) is 19.9 Å². The lowest BCUT2D eigenvalue weighted by molar-refractivity contribution is -0.138. The summed E-state index contributed by atoms with van der Waals surface area (Å²) in [5.74, 6) is -1.18. The molecule has 0 aliphatic heterocycles. The highest BCUT2D eigenvalue weighted by molar-refractivity contribution is 7.89. The molecule has 20 heavy (non-hydrogen) atoms. The molecular weight excluding hydrogens is 300 g/mol. The van der Waals surface area contributed by atoms with E-state index in [0.29, 0.717) is 0 Å². The Morgan fingerprint density at radius 1 is 1.30 bits per heavy atom. The number of sulfonamides is 1. The van der Waals surface area contributed by atoms with E-state index in [9.17, 15) is 26.0 Å². The van der Waals surface area contributed by atoms with E-state index in [4.69, 9.17) is 5.73 Å². The first-order valence-electron chi connectivity index (χ1n) is 5.59. The molecule has 2 N–H and O–H groups in total. The zero-order valence-electron chi connectivity index (χ0n) is 10.8. The van der Waals surface area contributed by atoms with Crippen molar-refractivity contribution in [2.45, 2.75) is 31.0 Å². The summed E-state index contributed by atoms with van der Waals surface area (Å²) in [5, 5.41) is 0. The van der Waals surface area contributed by atoms with Crippen molar-refractivity contribution in [2.75, 3.05) is 12.3 Å². The van der Waals surface area contributed by atoms with E-state index < -0.39 is 45.2 Å². The molecule has 0 saturated heterocycles. The van der Waals surface area contributed by atoms with Gasteiger partial charge in [-0.05, 0) is 26.0 Å². The van der Waals surface area contributed by atoms with Gasteiger partial charge in [-0.2, -0.15) is 17.5 Å². The first kappa shape index (κ1) is 16.7. The van der Waals surface area contributed by atoms with Crippen LogP contribution in [0.15, 0.2) is 23.1 Å². The summed E-state index contributed by atoms with van der Waals surface area (Å²) in [4.78, 5) is -0.932. The van der Waals surface area contributed by atoms with Crippen LogP contribution in [-0.2, 0) is 10.0 Å². The minimum absolute atomic E-state index is 0.168. The highest BCUT2D eigenvalue weighted by Gasteiger charge is 2.40. The lowest BCUT2D eigenvalue weighted by Crippen LogP contribution is -2.43. The standard InChI is InChI=1S/C11H14F4N2O2S/c1-7(2)17(6-11(13,14)15)20(18,19)10-8(12)4-3-5-9(10)16/h3-5,7H,6,16H2,1-2H3. The number of rotatable bonds is 4. The van der Waals surface area contributed by atoms with E-state index >= 15 is 0 Å². The first-order valence-corrected chi connectivity index (χ1v) is 7.03. The average molecular weight is 314 g/mol. The Morgan fingerprint density at radius 2 is 1.85 bits per heavy atom. The Labute approximate surface area is 114 Å². The second-order valence-electron chi connectivity index (χ2n) is 4.42. The Balaban J connectivity index is 3.38. The largest absolute Gasteiger partial charge is 0.402 e. The number of anilines is 1. The van der Waals surface area contributed by atoms with Crippen molar-refractivity contribution < 1.29 is 26.0 Å². The molecule has 0 spiro atoms. The lowest BCUT2D eigenvalue weighted by atomic mass is 10.3. The van der Waals surface area contributed by atoms with Crippen LogP contribution in [0.25, 0.3) is 0 Å². The van der Waals surface area contributed by atoms with Gasteiger partial charge in [0.1, 0.15) is 17.3 Å². The number of alkyl halides is 3. The van der Waals surface area contributed by atoms with Gasteiger partial charge in [-0.15, -0.1) is 0 Å². The van der Waals surface area contributed by atoms with Gasteiger partial charge in [-0.3, -0.25) is 0 Å². The monoisotopic (exact) mass is 314 g/mol. The van der Waals surface area contributed by atoms with Crippen molar-refractivity contribution in [3.05, 3.63) is 24.0 Å². The van der Waals surface area contributed by atoms with Gasteiger partial charge in [-0.1, -0.05) is 6.07 Å². The predicted molar refractivity (Wildman–Crippen MR) is 65.9 cm³/mol. The number of nitrogens with zero attached hydrogens (tertiary/aromatic N) is 1. The quantitative estimate of drug-likeness (QED) is 0.685. The third-order valence-electron chi connectivity index (χ3n) is 2.48. The second-order valence-corrected chi connectivity index (χ2v) is 6.24. The molecule has 4 nitrogen and oxygen atoms in total. The summed E-state index contributed by atoms with van der Waals surface area (Å²) in [7, 11) is -4.68. The lowest BCUT2D eigenvalue weighted by Gasteiger charge is -2.27. The summed E-state index contributed by atoms with van der Waals surface area (Å²) in [6, 6.07) is 2.12. The predicted octanol–water partition coefficient (Wildman–Crippen LogP) is 2.37.